The molecule has 0 aromatic heterocycles. The van der Waals surface area contributed by atoms with Crippen molar-refractivity contribution in [1.29, 1.82) is 0 Å². The molecule has 0 atom stereocenters. The Kier molecular flexibility index (Phi) is 3.70. The van der Waals surface area contributed by atoms with E-state index in [1.165, 1.54) is 19.2 Å². The molecule has 0 unspecified atom stereocenters. The van der Waals surface area contributed by atoms with Crippen molar-refractivity contribution in [2.45, 2.75) is 5.75 Å². The number of halogens is 2. The summed E-state index contributed by atoms with van der Waals surface area (Å²) >= 11 is 5.77. The van der Waals surface area contributed by atoms with Gasteiger partial charge in [-0.05, 0) is 11.6 Å². The van der Waals surface area contributed by atoms with E-state index >= 15 is 0 Å². The first-order valence-electron chi connectivity index (χ1n) is 3.81. The molecule has 1 rings (SSSR count). The lowest BCUT2D eigenvalue weighted by Crippen LogP contribution is -1.96. The van der Waals surface area contributed by atoms with Crippen LogP contribution < -0.4 is 4.74 Å². The van der Waals surface area contributed by atoms with Crippen molar-refractivity contribution in [3.63, 3.8) is 0 Å². The number of rotatable bonds is 3. The van der Waals surface area contributed by atoms with Gasteiger partial charge in [0, 0.05) is 21.8 Å². The van der Waals surface area contributed by atoms with E-state index in [1.54, 1.807) is 0 Å². The number of aromatic hydroxyl groups is 1. The van der Waals surface area contributed by atoms with Crippen LogP contribution >= 0.6 is 22.3 Å². The minimum Gasteiger partial charge on any atom is -0.504 e. The molecule has 0 aliphatic heterocycles. The van der Waals surface area contributed by atoms with Crippen molar-refractivity contribution >= 4 is 31.3 Å². The van der Waals surface area contributed by atoms with Gasteiger partial charge in [-0.2, -0.15) is 0 Å². The zero-order chi connectivity index (χ0) is 11.6. The third-order valence-corrected chi connectivity index (χ3v) is 3.01. The Hall–Kier alpha value is -0.650. The van der Waals surface area contributed by atoms with Gasteiger partial charge in [0.2, 0.25) is 9.05 Å². The van der Waals surface area contributed by atoms with Gasteiger partial charge in [-0.3, -0.25) is 0 Å². The second-order valence-corrected chi connectivity index (χ2v) is 5.98. The van der Waals surface area contributed by atoms with Gasteiger partial charge in [-0.15, -0.1) is 0 Å². The average molecular weight is 271 g/mol. The van der Waals surface area contributed by atoms with Crippen LogP contribution in [0.4, 0.5) is 0 Å². The summed E-state index contributed by atoms with van der Waals surface area (Å²) in [6.45, 7) is 0. The van der Waals surface area contributed by atoms with Crippen molar-refractivity contribution < 1.29 is 18.3 Å². The smallest absolute Gasteiger partial charge is 0.236 e. The van der Waals surface area contributed by atoms with Crippen LogP contribution in [0.15, 0.2) is 12.1 Å². The molecule has 0 radical (unpaired) electrons. The number of phenols is 1. The molecule has 0 heterocycles. The van der Waals surface area contributed by atoms with E-state index in [2.05, 4.69) is 0 Å². The summed E-state index contributed by atoms with van der Waals surface area (Å²) in [6, 6.07) is 2.54. The van der Waals surface area contributed by atoms with Crippen molar-refractivity contribution in [3.8, 4) is 11.5 Å². The summed E-state index contributed by atoms with van der Waals surface area (Å²) in [5, 5.41) is 9.57. The standard InChI is InChI=1S/C8H8Cl2O4S/c1-14-8-3-6(9)5(2-7(8)11)4-15(10,12)13/h2-3,11H,4H2,1H3. The Labute approximate surface area is 96.8 Å². The lowest BCUT2D eigenvalue weighted by atomic mass is 10.2. The summed E-state index contributed by atoms with van der Waals surface area (Å²) in [7, 11) is 2.73. The molecule has 84 valence electrons. The monoisotopic (exact) mass is 270 g/mol. The number of ether oxygens (including phenoxy) is 1. The predicted molar refractivity (Wildman–Crippen MR) is 58.1 cm³/mol. The van der Waals surface area contributed by atoms with E-state index < -0.39 is 14.8 Å². The van der Waals surface area contributed by atoms with Gasteiger partial charge in [0.05, 0.1) is 12.9 Å². The van der Waals surface area contributed by atoms with Crippen molar-refractivity contribution in [1.82, 2.24) is 0 Å². The summed E-state index contributed by atoms with van der Waals surface area (Å²) in [4.78, 5) is 0. The molecule has 0 spiro atoms. The first kappa shape index (κ1) is 12.4. The molecule has 0 aliphatic rings. The van der Waals surface area contributed by atoms with Crippen LogP contribution in [0, 0.1) is 0 Å². The molecule has 1 aromatic carbocycles. The van der Waals surface area contributed by atoms with Crippen molar-refractivity contribution in [2.24, 2.45) is 0 Å². The van der Waals surface area contributed by atoms with Gasteiger partial charge in [0.25, 0.3) is 0 Å². The maximum Gasteiger partial charge on any atom is 0.236 e. The number of hydrogen-bond donors (Lipinski definition) is 1. The van der Waals surface area contributed by atoms with Crippen LogP contribution in [0.25, 0.3) is 0 Å². The normalized spacial score (nSPS) is 11.4. The minimum absolute atomic E-state index is 0.175. The number of phenolic OH excluding ortho intramolecular Hbond substituents is 1. The molecule has 0 saturated heterocycles. The van der Waals surface area contributed by atoms with Gasteiger partial charge in [-0.1, -0.05) is 11.6 Å². The summed E-state index contributed by atoms with van der Waals surface area (Å²) in [5.74, 6) is -0.446. The Morgan fingerprint density at radius 1 is 1.47 bits per heavy atom. The first-order valence-corrected chi connectivity index (χ1v) is 6.67. The Morgan fingerprint density at radius 3 is 2.53 bits per heavy atom. The molecule has 0 amide bonds. The molecule has 4 nitrogen and oxygen atoms in total. The van der Waals surface area contributed by atoms with Gasteiger partial charge in [0.15, 0.2) is 11.5 Å². The number of methoxy groups -OCH3 is 1. The molecule has 0 aliphatic carbocycles. The highest BCUT2D eigenvalue weighted by Crippen LogP contribution is 2.33. The third-order valence-electron chi connectivity index (χ3n) is 1.68. The highest BCUT2D eigenvalue weighted by Gasteiger charge is 2.14. The molecule has 0 bridgehead atoms. The lowest BCUT2D eigenvalue weighted by Gasteiger charge is -2.07. The maximum absolute atomic E-state index is 10.8. The molecule has 0 saturated carbocycles. The quantitative estimate of drug-likeness (QED) is 0.855. The van der Waals surface area contributed by atoms with E-state index in [0.717, 1.165) is 0 Å². The highest BCUT2D eigenvalue weighted by atomic mass is 35.7. The second kappa shape index (κ2) is 4.47. The molecular weight excluding hydrogens is 263 g/mol. The van der Waals surface area contributed by atoms with Gasteiger partial charge in [-0.25, -0.2) is 8.42 Å². The largest absolute Gasteiger partial charge is 0.504 e. The minimum atomic E-state index is -3.70. The van der Waals surface area contributed by atoms with E-state index in [4.69, 9.17) is 27.0 Å². The second-order valence-electron chi connectivity index (χ2n) is 2.80. The Morgan fingerprint density at radius 2 is 2.07 bits per heavy atom. The summed E-state index contributed by atoms with van der Waals surface area (Å²) < 4.78 is 26.4. The van der Waals surface area contributed by atoms with Gasteiger partial charge in [0.1, 0.15) is 0 Å². The van der Waals surface area contributed by atoms with Crippen LogP contribution in [0.3, 0.4) is 0 Å². The SMILES string of the molecule is COc1cc(Cl)c(CS(=O)(=O)Cl)cc1O. The topological polar surface area (TPSA) is 63.6 Å². The zero-order valence-corrected chi connectivity index (χ0v) is 10.0. The highest BCUT2D eigenvalue weighted by molar-refractivity contribution is 8.13. The van der Waals surface area contributed by atoms with Gasteiger partial charge < -0.3 is 9.84 Å². The average Bonchev–Trinajstić information content (AvgIpc) is 2.08. The number of hydrogen-bond acceptors (Lipinski definition) is 4. The third kappa shape index (κ3) is 3.44. The summed E-state index contributed by atoms with van der Waals surface area (Å²) in [5.41, 5.74) is 0.227. The van der Waals surface area contributed by atoms with Crippen molar-refractivity contribution in [3.05, 3.63) is 22.7 Å². The number of benzene rings is 1. The van der Waals surface area contributed by atoms with E-state index in [-0.39, 0.29) is 22.1 Å². The molecular formula is C8H8Cl2O4S. The predicted octanol–water partition coefficient (Wildman–Crippen LogP) is 2.12. The van der Waals surface area contributed by atoms with Crippen molar-refractivity contribution in [2.75, 3.05) is 7.11 Å². The molecule has 1 N–H and O–H groups in total. The van der Waals surface area contributed by atoms with Crippen LogP contribution in [0.5, 0.6) is 11.5 Å². The van der Waals surface area contributed by atoms with Crippen LogP contribution in [-0.4, -0.2) is 20.6 Å². The Balaban J connectivity index is 3.17. The zero-order valence-electron chi connectivity index (χ0n) is 7.70. The fourth-order valence-corrected chi connectivity index (χ4v) is 2.31. The molecule has 15 heavy (non-hydrogen) atoms. The Bertz CT molecular complexity index is 470. The van der Waals surface area contributed by atoms with E-state index in [1.807, 2.05) is 0 Å². The van der Waals surface area contributed by atoms with Crippen LogP contribution in [0.1, 0.15) is 5.56 Å². The first-order chi connectivity index (χ1) is 6.83. The van der Waals surface area contributed by atoms with E-state index in [0.29, 0.717) is 0 Å². The molecule has 7 heteroatoms. The molecule has 1 aromatic rings. The maximum atomic E-state index is 10.8. The van der Waals surface area contributed by atoms with Gasteiger partial charge >= 0.3 is 0 Å². The van der Waals surface area contributed by atoms with E-state index in [9.17, 15) is 13.5 Å². The summed E-state index contributed by atoms with van der Waals surface area (Å²) in [6.07, 6.45) is 0. The fraction of sp³-hybridized carbons (Fsp3) is 0.250. The lowest BCUT2D eigenvalue weighted by molar-refractivity contribution is 0.373. The molecule has 0 fully saturated rings. The van der Waals surface area contributed by atoms with Crippen LogP contribution in [-0.2, 0) is 14.8 Å². The fourth-order valence-electron chi connectivity index (χ4n) is 1.05. The van der Waals surface area contributed by atoms with Crippen LogP contribution in [0.2, 0.25) is 5.02 Å².